The van der Waals surface area contributed by atoms with Crippen molar-refractivity contribution in [1.29, 1.82) is 0 Å². The monoisotopic (exact) mass is 270 g/mol. The molecule has 2 N–H and O–H groups in total. The summed E-state index contributed by atoms with van der Waals surface area (Å²) >= 11 is 6.01. The Kier molecular flexibility index (Phi) is 4.24. The molecule has 0 aliphatic heterocycles. The Morgan fingerprint density at radius 2 is 2.22 bits per heavy atom. The number of aromatic nitrogens is 2. The van der Waals surface area contributed by atoms with Crippen molar-refractivity contribution in [2.45, 2.75) is 19.3 Å². The van der Waals surface area contributed by atoms with Crippen molar-refractivity contribution >= 4 is 23.1 Å². The number of rotatable bonds is 7. The first-order valence-electron chi connectivity index (χ1n) is 6.12. The summed E-state index contributed by atoms with van der Waals surface area (Å²) in [5.41, 5.74) is 1.13. The van der Waals surface area contributed by atoms with Gasteiger partial charge >= 0.3 is 0 Å². The van der Waals surface area contributed by atoms with Gasteiger partial charge < -0.3 is 15.4 Å². The molecule has 1 aromatic rings. The highest BCUT2D eigenvalue weighted by atomic mass is 35.5. The van der Waals surface area contributed by atoms with Crippen molar-refractivity contribution in [1.82, 2.24) is 9.97 Å². The quantitative estimate of drug-likeness (QED) is 0.745. The van der Waals surface area contributed by atoms with E-state index in [2.05, 4.69) is 20.6 Å². The van der Waals surface area contributed by atoms with Crippen molar-refractivity contribution in [2.75, 3.05) is 37.9 Å². The maximum atomic E-state index is 6.01. The van der Waals surface area contributed by atoms with E-state index in [-0.39, 0.29) is 0 Å². The molecule has 0 aromatic carbocycles. The molecule has 6 heteroatoms. The Bertz CT molecular complexity index is 409. The second-order valence-corrected chi connectivity index (χ2v) is 5.09. The maximum absolute atomic E-state index is 6.01. The molecule has 1 fully saturated rings. The Morgan fingerprint density at radius 3 is 2.83 bits per heavy atom. The van der Waals surface area contributed by atoms with E-state index in [1.54, 1.807) is 7.11 Å². The van der Waals surface area contributed by atoms with E-state index in [4.69, 9.17) is 16.3 Å². The molecule has 2 rings (SSSR count). The topological polar surface area (TPSA) is 59.1 Å². The van der Waals surface area contributed by atoms with Gasteiger partial charge in [-0.2, -0.15) is 0 Å². The van der Waals surface area contributed by atoms with E-state index in [0.717, 1.165) is 31.1 Å². The lowest BCUT2D eigenvalue weighted by Crippen LogP contribution is -2.18. The Hall–Kier alpha value is -1.07. The van der Waals surface area contributed by atoms with Gasteiger partial charge in [0.1, 0.15) is 12.0 Å². The van der Waals surface area contributed by atoms with Crippen LogP contribution in [0.15, 0.2) is 6.33 Å². The number of nitrogens with zero attached hydrogens (tertiary/aromatic N) is 2. The Morgan fingerprint density at radius 1 is 1.44 bits per heavy atom. The van der Waals surface area contributed by atoms with Crippen LogP contribution in [0.5, 0.6) is 0 Å². The van der Waals surface area contributed by atoms with Gasteiger partial charge in [0.25, 0.3) is 0 Å². The second kappa shape index (κ2) is 5.71. The largest absolute Gasteiger partial charge is 0.385 e. The van der Waals surface area contributed by atoms with E-state index in [0.29, 0.717) is 10.6 Å². The first-order valence-corrected chi connectivity index (χ1v) is 6.50. The van der Waals surface area contributed by atoms with Crippen LogP contribution in [0, 0.1) is 5.41 Å². The molecule has 1 aliphatic rings. The summed E-state index contributed by atoms with van der Waals surface area (Å²) in [6.45, 7) is 1.71. The fraction of sp³-hybridized carbons (Fsp3) is 0.667. The average Bonchev–Trinajstić information content (AvgIpc) is 3.15. The van der Waals surface area contributed by atoms with E-state index in [1.807, 2.05) is 7.05 Å². The molecule has 0 unspecified atom stereocenters. The minimum atomic E-state index is 0.373. The third-order valence-electron chi connectivity index (χ3n) is 3.48. The van der Waals surface area contributed by atoms with Gasteiger partial charge in [-0.1, -0.05) is 11.6 Å². The standard InChI is InChI=1S/C12H19ClN4O/c1-14-9-10(13)16-8-17-11(9)15-7-12(3-4-12)5-6-18-2/h8,14H,3-7H2,1-2H3,(H,15,16,17). The van der Waals surface area contributed by atoms with Crippen LogP contribution in [0.3, 0.4) is 0 Å². The van der Waals surface area contributed by atoms with Crippen LogP contribution in [-0.2, 0) is 4.74 Å². The summed E-state index contributed by atoms with van der Waals surface area (Å²) in [5, 5.41) is 6.82. The predicted molar refractivity (Wildman–Crippen MR) is 73.2 cm³/mol. The van der Waals surface area contributed by atoms with Gasteiger partial charge in [0, 0.05) is 27.3 Å². The number of ether oxygens (including phenoxy) is 1. The summed E-state index contributed by atoms with van der Waals surface area (Å²) in [5.74, 6) is 0.765. The van der Waals surface area contributed by atoms with Gasteiger partial charge in [0.15, 0.2) is 11.0 Å². The highest BCUT2D eigenvalue weighted by Crippen LogP contribution is 2.48. The van der Waals surface area contributed by atoms with Crippen molar-refractivity contribution < 1.29 is 4.74 Å². The van der Waals surface area contributed by atoms with Crippen molar-refractivity contribution in [3.8, 4) is 0 Å². The van der Waals surface area contributed by atoms with Crippen molar-refractivity contribution in [3.63, 3.8) is 0 Å². The molecule has 5 nitrogen and oxygen atoms in total. The minimum Gasteiger partial charge on any atom is -0.385 e. The molecule has 18 heavy (non-hydrogen) atoms. The van der Waals surface area contributed by atoms with Gasteiger partial charge in [-0.25, -0.2) is 9.97 Å². The van der Waals surface area contributed by atoms with E-state index in [1.165, 1.54) is 19.2 Å². The molecule has 0 amide bonds. The molecule has 0 atom stereocenters. The molecular weight excluding hydrogens is 252 g/mol. The molecule has 1 aliphatic carbocycles. The lowest BCUT2D eigenvalue weighted by Gasteiger charge is -2.17. The van der Waals surface area contributed by atoms with Gasteiger partial charge in [-0.15, -0.1) is 0 Å². The van der Waals surface area contributed by atoms with Crippen LogP contribution in [-0.4, -0.2) is 37.3 Å². The molecule has 0 spiro atoms. The van der Waals surface area contributed by atoms with Crippen molar-refractivity contribution in [3.05, 3.63) is 11.5 Å². The summed E-state index contributed by atoms with van der Waals surface area (Å²) in [6, 6.07) is 0. The highest BCUT2D eigenvalue weighted by Gasteiger charge is 2.41. The SMILES string of the molecule is CNc1c(Cl)ncnc1NCC1(CCOC)CC1. The van der Waals surface area contributed by atoms with Gasteiger partial charge in [-0.3, -0.25) is 0 Å². The molecule has 1 aromatic heterocycles. The smallest absolute Gasteiger partial charge is 0.157 e. The van der Waals surface area contributed by atoms with Crippen LogP contribution in [0.2, 0.25) is 5.15 Å². The number of anilines is 2. The number of hydrogen-bond donors (Lipinski definition) is 2. The summed E-state index contributed by atoms with van der Waals surface area (Å²) in [4.78, 5) is 8.17. The zero-order valence-corrected chi connectivity index (χ0v) is 11.5. The Balaban J connectivity index is 1.96. The Labute approximate surface area is 112 Å². The van der Waals surface area contributed by atoms with E-state index in [9.17, 15) is 0 Å². The van der Waals surface area contributed by atoms with Crippen LogP contribution >= 0.6 is 11.6 Å². The fourth-order valence-electron chi connectivity index (χ4n) is 2.00. The first-order chi connectivity index (χ1) is 8.71. The lowest BCUT2D eigenvalue weighted by molar-refractivity contribution is 0.175. The van der Waals surface area contributed by atoms with Crippen LogP contribution in [0.4, 0.5) is 11.5 Å². The fourth-order valence-corrected chi connectivity index (χ4v) is 2.23. The molecule has 1 heterocycles. The first kappa shape index (κ1) is 13.4. The average molecular weight is 271 g/mol. The van der Waals surface area contributed by atoms with Crippen LogP contribution in [0.1, 0.15) is 19.3 Å². The zero-order chi connectivity index (χ0) is 13.0. The number of nitrogens with one attached hydrogen (secondary N) is 2. The van der Waals surface area contributed by atoms with E-state index >= 15 is 0 Å². The number of halogens is 1. The molecule has 0 saturated heterocycles. The van der Waals surface area contributed by atoms with E-state index < -0.39 is 0 Å². The summed E-state index contributed by atoms with van der Waals surface area (Å²) in [7, 11) is 3.56. The molecule has 0 bridgehead atoms. The minimum absolute atomic E-state index is 0.373. The predicted octanol–water partition coefficient (Wildman–Crippen LogP) is 2.40. The molecule has 1 saturated carbocycles. The zero-order valence-electron chi connectivity index (χ0n) is 10.8. The third-order valence-corrected chi connectivity index (χ3v) is 3.76. The van der Waals surface area contributed by atoms with Crippen LogP contribution < -0.4 is 10.6 Å². The van der Waals surface area contributed by atoms with Gasteiger partial charge in [0.05, 0.1) is 0 Å². The summed E-state index contributed by atoms with van der Waals surface area (Å²) < 4.78 is 5.15. The van der Waals surface area contributed by atoms with Gasteiger partial charge in [0.2, 0.25) is 0 Å². The maximum Gasteiger partial charge on any atom is 0.157 e. The molecule has 100 valence electrons. The van der Waals surface area contributed by atoms with Gasteiger partial charge in [-0.05, 0) is 24.7 Å². The molecule has 0 radical (unpaired) electrons. The number of hydrogen-bond acceptors (Lipinski definition) is 5. The second-order valence-electron chi connectivity index (χ2n) is 4.73. The van der Waals surface area contributed by atoms with Crippen molar-refractivity contribution in [2.24, 2.45) is 5.41 Å². The lowest BCUT2D eigenvalue weighted by atomic mass is 10.0. The third kappa shape index (κ3) is 3.03. The highest BCUT2D eigenvalue weighted by molar-refractivity contribution is 6.32. The number of methoxy groups -OCH3 is 1. The van der Waals surface area contributed by atoms with Crippen LogP contribution in [0.25, 0.3) is 0 Å². The summed E-state index contributed by atoms with van der Waals surface area (Å²) in [6.07, 6.45) is 5.05. The molecular formula is C12H19ClN4O. The normalized spacial score (nSPS) is 16.4.